The van der Waals surface area contributed by atoms with Crippen molar-refractivity contribution in [3.05, 3.63) is 35.4 Å². The molecule has 19 heavy (non-hydrogen) atoms. The summed E-state index contributed by atoms with van der Waals surface area (Å²) in [5.74, 6) is 1.05. The molecule has 110 valence electrons. The highest BCUT2D eigenvalue weighted by Gasteiger charge is 2.23. The summed E-state index contributed by atoms with van der Waals surface area (Å²) in [6.07, 6.45) is 4.42. The molecule has 0 saturated heterocycles. The lowest BCUT2D eigenvalue weighted by Crippen LogP contribution is -2.24. The number of aryl methyl sites for hydroxylation is 1. The number of ether oxygens (including phenoxy) is 1. The van der Waals surface area contributed by atoms with E-state index < -0.39 is 0 Å². The highest BCUT2D eigenvalue weighted by atomic mass is 32.2. The minimum Gasteiger partial charge on any atom is -0.370 e. The quantitative estimate of drug-likeness (QED) is 0.629. The first-order valence-electron chi connectivity index (χ1n) is 7.33. The third-order valence-corrected chi connectivity index (χ3v) is 3.51. The summed E-state index contributed by atoms with van der Waals surface area (Å²) in [5.41, 5.74) is 2.58. The molecule has 0 aliphatic carbocycles. The van der Waals surface area contributed by atoms with Crippen LogP contribution in [0.2, 0.25) is 0 Å². The van der Waals surface area contributed by atoms with Gasteiger partial charge in [-0.1, -0.05) is 51.5 Å². The van der Waals surface area contributed by atoms with Gasteiger partial charge < -0.3 is 4.74 Å². The zero-order valence-corrected chi connectivity index (χ0v) is 14.3. The van der Waals surface area contributed by atoms with Crippen LogP contribution >= 0.6 is 11.8 Å². The van der Waals surface area contributed by atoms with E-state index in [4.69, 9.17) is 4.74 Å². The van der Waals surface area contributed by atoms with E-state index >= 15 is 0 Å². The molecule has 0 saturated carbocycles. The number of hydrogen-bond acceptors (Lipinski definition) is 2. The second-order valence-corrected chi connectivity index (χ2v) is 5.74. The van der Waals surface area contributed by atoms with Crippen molar-refractivity contribution in [1.29, 1.82) is 0 Å². The van der Waals surface area contributed by atoms with Crippen molar-refractivity contribution in [2.75, 3.05) is 18.6 Å². The van der Waals surface area contributed by atoms with Crippen LogP contribution < -0.4 is 0 Å². The topological polar surface area (TPSA) is 9.23 Å². The fourth-order valence-electron chi connectivity index (χ4n) is 2.05. The van der Waals surface area contributed by atoms with Crippen LogP contribution in [-0.2, 0) is 16.8 Å². The number of rotatable bonds is 7. The predicted octanol–water partition coefficient (Wildman–Crippen LogP) is 5.28. The summed E-state index contributed by atoms with van der Waals surface area (Å²) in [6, 6.07) is 8.64. The van der Waals surface area contributed by atoms with E-state index in [0.717, 1.165) is 18.8 Å². The zero-order valence-electron chi connectivity index (χ0n) is 13.5. The molecule has 0 fully saturated rings. The molecule has 1 aromatic carbocycles. The molecule has 0 radical (unpaired) electrons. The van der Waals surface area contributed by atoms with Gasteiger partial charge >= 0.3 is 0 Å². The molecule has 1 rings (SSSR count). The molecule has 0 unspecified atom stereocenters. The van der Waals surface area contributed by atoms with Crippen LogP contribution in [0.5, 0.6) is 0 Å². The smallest absolute Gasteiger partial charge is 0.0878 e. The van der Waals surface area contributed by atoms with Gasteiger partial charge in [-0.15, -0.1) is 0 Å². The van der Waals surface area contributed by atoms with Gasteiger partial charge in [-0.25, -0.2) is 0 Å². The van der Waals surface area contributed by atoms with Crippen molar-refractivity contribution in [1.82, 2.24) is 0 Å². The molecule has 0 heterocycles. The van der Waals surface area contributed by atoms with Crippen molar-refractivity contribution < 1.29 is 4.74 Å². The van der Waals surface area contributed by atoms with Crippen LogP contribution in [0.3, 0.4) is 0 Å². The third-order valence-electron chi connectivity index (χ3n) is 2.94. The Balaban J connectivity index is 0.00000154. The number of hydrogen-bond donors (Lipinski definition) is 0. The lowest BCUT2D eigenvalue weighted by molar-refractivity contribution is -0.0130. The van der Waals surface area contributed by atoms with Crippen LogP contribution in [0.1, 0.15) is 52.2 Å². The van der Waals surface area contributed by atoms with Gasteiger partial charge in [0.1, 0.15) is 0 Å². The molecule has 2 heteroatoms. The van der Waals surface area contributed by atoms with Crippen molar-refractivity contribution >= 4 is 11.8 Å². The predicted molar refractivity (Wildman–Crippen MR) is 89.1 cm³/mol. The van der Waals surface area contributed by atoms with E-state index in [1.807, 2.05) is 25.6 Å². The van der Waals surface area contributed by atoms with E-state index in [1.165, 1.54) is 17.5 Å². The van der Waals surface area contributed by atoms with Crippen molar-refractivity contribution in [3.8, 4) is 0 Å². The third kappa shape index (κ3) is 6.49. The second kappa shape index (κ2) is 10.3. The average Bonchev–Trinajstić information content (AvgIpc) is 2.42. The largest absolute Gasteiger partial charge is 0.370 e. The first kappa shape index (κ1) is 18.5. The first-order valence-corrected chi connectivity index (χ1v) is 8.72. The standard InChI is InChI=1S/C15H24OS.C2H6/c1-5-8-13-9-6-7-10-14(13)15(2,3)16-11-12-17-4;1-2/h6-7,9-10H,5,8,11-12H2,1-4H3;1-2H3. The SMILES string of the molecule is CC.CCCc1ccccc1C(C)(C)OCCSC. The summed E-state index contributed by atoms with van der Waals surface area (Å²) in [4.78, 5) is 0. The van der Waals surface area contributed by atoms with Crippen LogP contribution in [0.25, 0.3) is 0 Å². The Labute approximate surface area is 124 Å². The molecule has 0 bridgehead atoms. The van der Waals surface area contributed by atoms with Crippen molar-refractivity contribution in [2.24, 2.45) is 0 Å². The molecule has 0 atom stereocenters. The number of thioether (sulfide) groups is 1. The Morgan fingerprint density at radius 1 is 1.16 bits per heavy atom. The normalized spacial score (nSPS) is 10.8. The van der Waals surface area contributed by atoms with Gasteiger partial charge in [0.05, 0.1) is 12.2 Å². The fourth-order valence-corrected chi connectivity index (χ4v) is 2.30. The highest BCUT2D eigenvalue weighted by molar-refractivity contribution is 7.98. The van der Waals surface area contributed by atoms with Gasteiger partial charge in [-0.3, -0.25) is 0 Å². The van der Waals surface area contributed by atoms with E-state index in [0.29, 0.717) is 0 Å². The van der Waals surface area contributed by atoms with Gasteiger partial charge in [0, 0.05) is 5.75 Å². The first-order chi connectivity index (χ1) is 9.11. The molecule has 0 aromatic heterocycles. The lowest BCUT2D eigenvalue weighted by Gasteiger charge is -2.28. The van der Waals surface area contributed by atoms with Crippen LogP contribution in [0.4, 0.5) is 0 Å². The minimum absolute atomic E-state index is 0.179. The Hall–Kier alpha value is -0.470. The van der Waals surface area contributed by atoms with Gasteiger partial charge in [-0.05, 0) is 37.7 Å². The minimum atomic E-state index is -0.179. The summed E-state index contributed by atoms with van der Waals surface area (Å²) >= 11 is 1.83. The maximum absolute atomic E-state index is 6.02. The second-order valence-electron chi connectivity index (χ2n) is 4.76. The molecule has 1 nitrogen and oxygen atoms in total. The molecule has 0 aliphatic heterocycles. The highest BCUT2D eigenvalue weighted by Crippen LogP contribution is 2.28. The Morgan fingerprint density at radius 3 is 2.37 bits per heavy atom. The monoisotopic (exact) mass is 282 g/mol. The maximum Gasteiger partial charge on any atom is 0.0878 e. The van der Waals surface area contributed by atoms with Gasteiger partial charge in [-0.2, -0.15) is 11.8 Å². The summed E-state index contributed by atoms with van der Waals surface area (Å²) in [7, 11) is 0. The average molecular weight is 282 g/mol. The van der Waals surface area contributed by atoms with Gasteiger partial charge in [0.2, 0.25) is 0 Å². The summed E-state index contributed by atoms with van der Waals surface area (Å²) < 4.78 is 6.02. The van der Waals surface area contributed by atoms with E-state index in [1.54, 1.807) is 0 Å². The molecule has 0 aliphatic rings. The molecule has 0 spiro atoms. The van der Waals surface area contributed by atoms with Crippen molar-refractivity contribution in [3.63, 3.8) is 0 Å². The molecule has 0 N–H and O–H groups in total. The van der Waals surface area contributed by atoms with Crippen LogP contribution in [0.15, 0.2) is 24.3 Å². The Bertz CT molecular complexity index is 334. The molecular formula is C17H30OS. The molecule has 1 aromatic rings. The summed E-state index contributed by atoms with van der Waals surface area (Å²) in [6.45, 7) is 11.4. The molecular weight excluding hydrogens is 252 g/mol. The summed E-state index contributed by atoms with van der Waals surface area (Å²) in [5, 5.41) is 0. The van der Waals surface area contributed by atoms with Crippen molar-refractivity contribution in [2.45, 2.75) is 53.1 Å². The lowest BCUT2D eigenvalue weighted by atomic mass is 9.91. The van der Waals surface area contributed by atoms with Gasteiger partial charge in [0.25, 0.3) is 0 Å². The van der Waals surface area contributed by atoms with Crippen LogP contribution in [0, 0.1) is 0 Å². The van der Waals surface area contributed by atoms with Crippen LogP contribution in [-0.4, -0.2) is 18.6 Å². The fraction of sp³-hybridized carbons (Fsp3) is 0.647. The molecule has 0 amide bonds. The van der Waals surface area contributed by atoms with E-state index in [9.17, 15) is 0 Å². The zero-order chi connectivity index (χ0) is 14.7. The number of benzene rings is 1. The van der Waals surface area contributed by atoms with Gasteiger partial charge in [0.15, 0.2) is 0 Å². The van der Waals surface area contributed by atoms with E-state index in [2.05, 4.69) is 51.3 Å². The maximum atomic E-state index is 6.02. The Morgan fingerprint density at radius 2 is 1.79 bits per heavy atom. The Kier molecular flexibility index (Phi) is 10.1. The van der Waals surface area contributed by atoms with E-state index in [-0.39, 0.29) is 5.60 Å².